The number of ether oxygens (including phenoxy) is 1. The summed E-state index contributed by atoms with van der Waals surface area (Å²) < 4.78 is 40.9. The smallest absolute Gasteiger partial charge is 0.406 e. The molecule has 2 rings (SSSR count). The number of halogens is 4. The molecule has 1 aromatic carbocycles. The molecule has 0 heterocycles. The predicted molar refractivity (Wildman–Crippen MR) is 77.9 cm³/mol. The number of hydrogen-bond acceptors (Lipinski definition) is 3. The first-order valence-corrected chi connectivity index (χ1v) is 7.66. The van der Waals surface area contributed by atoms with Crippen molar-refractivity contribution in [3.63, 3.8) is 0 Å². The van der Waals surface area contributed by atoms with E-state index in [4.69, 9.17) is 5.73 Å². The molecule has 0 radical (unpaired) electrons. The Hall–Kier alpha value is -0.790. The molecule has 3 N–H and O–H groups in total. The van der Waals surface area contributed by atoms with E-state index in [0.717, 1.165) is 31.2 Å². The third-order valence-electron chi connectivity index (χ3n) is 3.61. The van der Waals surface area contributed by atoms with Gasteiger partial charge in [-0.05, 0) is 43.4 Å². The average Bonchev–Trinajstić information content (AvgIpc) is 2.38. The molecule has 0 amide bonds. The van der Waals surface area contributed by atoms with E-state index in [1.807, 2.05) is 0 Å². The van der Waals surface area contributed by atoms with Crippen LogP contribution in [0.15, 0.2) is 22.7 Å². The van der Waals surface area contributed by atoms with Crippen LogP contribution in [0.3, 0.4) is 0 Å². The van der Waals surface area contributed by atoms with Gasteiger partial charge < -0.3 is 15.8 Å². The van der Waals surface area contributed by atoms with Gasteiger partial charge in [0.2, 0.25) is 0 Å². The second-order valence-corrected chi connectivity index (χ2v) is 6.15. The highest BCUT2D eigenvalue weighted by molar-refractivity contribution is 9.10. The lowest BCUT2D eigenvalue weighted by atomic mass is 9.92. The second kappa shape index (κ2) is 6.98. The van der Waals surface area contributed by atoms with E-state index in [9.17, 15) is 13.2 Å². The van der Waals surface area contributed by atoms with Gasteiger partial charge in [0.15, 0.2) is 0 Å². The fraction of sp³-hybridized carbons (Fsp3) is 0.571. The Bertz CT molecular complexity index is 474. The summed E-state index contributed by atoms with van der Waals surface area (Å²) in [6.45, 7) is 0.604. The van der Waals surface area contributed by atoms with Gasteiger partial charge in [0.1, 0.15) is 5.75 Å². The van der Waals surface area contributed by atoms with Crippen molar-refractivity contribution in [3.05, 3.63) is 28.2 Å². The van der Waals surface area contributed by atoms with Crippen LogP contribution in [0.5, 0.6) is 5.75 Å². The molecular formula is C14H18BrF3N2O. The third-order valence-corrected chi connectivity index (χ3v) is 4.35. The summed E-state index contributed by atoms with van der Waals surface area (Å²) in [7, 11) is 0. The summed E-state index contributed by atoms with van der Waals surface area (Å²) in [4.78, 5) is 0. The molecule has 1 aromatic rings. The minimum atomic E-state index is -4.67. The number of rotatable bonds is 4. The number of hydrogen-bond donors (Lipinski definition) is 2. The Labute approximate surface area is 130 Å². The molecule has 0 aromatic heterocycles. The Morgan fingerprint density at radius 1 is 1.24 bits per heavy atom. The molecule has 0 saturated heterocycles. The van der Waals surface area contributed by atoms with Crippen molar-refractivity contribution < 1.29 is 17.9 Å². The Kier molecular flexibility index (Phi) is 5.51. The molecule has 0 aliphatic heterocycles. The standard InChI is InChI=1S/C14H18BrF3N2O/c15-13-7-12(21-14(16,17)18)6-1-9(13)8-20-11-4-2-10(19)3-5-11/h1,6-7,10-11,20H,2-5,8,19H2. The zero-order chi connectivity index (χ0) is 15.5. The molecule has 0 atom stereocenters. The van der Waals surface area contributed by atoms with Crippen LogP contribution < -0.4 is 15.8 Å². The fourth-order valence-corrected chi connectivity index (χ4v) is 2.94. The van der Waals surface area contributed by atoms with E-state index in [1.165, 1.54) is 12.1 Å². The number of nitrogens with two attached hydrogens (primary N) is 1. The maximum Gasteiger partial charge on any atom is 0.573 e. The van der Waals surface area contributed by atoms with Crippen LogP contribution in [-0.4, -0.2) is 18.4 Å². The van der Waals surface area contributed by atoms with Crippen molar-refractivity contribution in [3.8, 4) is 5.75 Å². The van der Waals surface area contributed by atoms with Crippen LogP contribution in [0.2, 0.25) is 0 Å². The minimum absolute atomic E-state index is 0.221. The average molecular weight is 367 g/mol. The van der Waals surface area contributed by atoms with Crippen LogP contribution in [0, 0.1) is 0 Å². The fourth-order valence-electron chi connectivity index (χ4n) is 2.45. The minimum Gasteiger partial charge on any atom is -0.406 e. The maximum absolute atomic E-state index is 12.1. The van der Waals surface area contributed by atoms with Gasteiger partial charge in [-0.25, -0.2) is 0 Å². The molecule has 0 spiro atoms. The van der Waals surface area contributed by atoms with Crippen molar-refractivity contribution in [2.45, 2.75) is 50.7 Å². The predicted octanol–water partition coefficient (Wildman–Crippen LogP) is 3.71. The molecular weight excluding hydrogens is 349 g/mol. The first-order valence-electron chi connectivity index (χ1n) is 6.86. The molecule has 1 fully saturated rings. The van der Waals surface area contributed by atoms with E-state index in [2.05, 4.69) is 26.0 Å². The monoisotopic (exact) mass is 366 g/mol. The van der Waals surface area contributed by atoms with Gasteiger partial charge in [-0.2, -0.15) is 0 Å². The topological polar surface area (TPSA) is 47.3 Å². The van der Waals surface area contributed by atoms with Gasteiger partial charge in [-0.1, -0.05) is 22.0 Å². The van der Waals surface area contributed by atoms with Gasteiger partial charge in [0, 0.05) is 23.1 Å². The van der Waals surface area contributed by atoms with Crippen LogP contribution >= 0.6 is 15.9 Å². The Morgan fingerprint density at radius 2 is 1.90 bits per heavy atom. The van der Waals surface area contributed by atoms with Crippen molar-refractivity contribution in [1.82, 2.24) is 5.32 Å². The summed E-state index contributed by atoms with van der Waals surface area (Å²) in [5.74, 6) is -0.221. The van der Waals surface area contributed by atoms with E-state index >= 15 is 0 Å². The Morgan fingerprint density at radius 3 is 2.48 bits per heavy atom. The molecule has 21 heavy (non-hydrogen) atoms. The zero-order valence-corrected chi connectivity index (χ0v) is 13.0. The summed E-state index contributed by atoms with van der Waals surface area (Å²) in [6, 6.07) is 5.01. The van der Waals surface area contributed by atoms with Gasteiger partial charge >= 0.3 is 6.36 Å². The van der Waals surface area contributed by atoms with E-state index in [1.54, 1.807) is 6.07 Å². The lowest BCUT2D eigenvalue weighted by molar-refractivity contribution is -0.274. The third kappa shape index (κ3) is 5.48. The van der Waals surface area contributed by atoms with Crippen LogP contribution in [0.1, 0.15) is 31.2 Å². The normalized spacial score (nSPS) is 23.1. The molecule has 1 aliphatic rings. The molecule has 0 bridgehead atoms. The highest BCUT2D eigenvalue weighted by atomic mass is 79.9. The quantitative estimate of drug-likeness (QED) is 0.853. The van der Waals surface area contributed by atoms with Crippen LogP contribution in [0.25, 0.3) is 0 Å². The highest BCUT2D eigenvalue weighted by Crippen LogP contribution is 2.28. The lowest BCUT2D eigenvalue weighted by Gasteiger charge is -2.27. The Balaban J connectivity index is 1.89. The van der Waals surface area contributed by atoms with Crippen molar-refractivity contribution in [2.24, 2.45) is 5.73 Å². The summed E-state index contributed by atoms with van der Waals surface area (Å²) >= 11 is 3.28. The first kappa shape index (κ1) is 16.6. The van der Waals surface area contributed by atoms with Crippen molar-refractivity contribution in [1.29, 1.82) is 0 Å². The summed E-state index contributed by atoms with van der Waals surface area (Å²) in [5, 5.41) is 3.42. The SMILES string of the molecule is NC1CCC(NCc2ccc(OC(F)(F)F)cc2Br)CC1. The molecule has 7 heteroatoms. The highest BCUT2D eigenvalue weighted by Gasteiger charge is 2.31. The van der Waals surface area contributed by atoms with E-state index < -0.39 is 6.36 Å². The van der Waals surface area contributed by atoms with Crippen molar-refractivity contribution >= 4 is 15.9 Å². The second-order valence-electron chi connectivity index (χ2n) is 5.29. The van der Waals surface area contributed by atoms with Crippen LogP contribution in [-0.2, 0) is 6.54 Å². The molecule has 1 aliphatic carbocycles. The first-order chi connectivity index (χ1) is 9.83. The summed E-state index contributed by atoms with van der Waals surface area (Å²) in [6.07, 6.45) is -0.573. The van der Waals surface area contributed by atoms with E-state index in [0.29, 0.717) is 23.1 Å². The number of nitrogens with one attached hydrogen (secondary N) is 1. The molecule has 0 unspecified atom stereocenters. The molecule has 3 nitrogen and oxygen atoms in total. The largest absolute Gasteiger partial charge is 0.573 e. The van der Waals surface area contributed by atoms with Gasteiger partial charge in [-0.15, -0.1) is 13.2 Å². The maximum atomic E-state index is 12.1. The molecule has 118 valence electrons. The van der Waals surface area contributed by atoms with Gasteiger partial charge in [0.25, 0.3) is 0 Å². The van der Waals surface area contributed by atoms with Gasteiger partial charge in [-0.3, -0.25) is 0 Å². The zero-order valence-electron chi connectivity index (χ0n) is 11.4. The summed E-state index contributed by atoms with van der Waals surface area (Å²) in [5.41, 5.74) is 6.76. The van der Waals surface area contributed by atoms with E-state index in [-0.39, 0.29) is 5.75 Å². The van der Waals surface area contributed by atoms with Gasteiger partial charge in [0.05, 0.1) is 0 Å². The lowest BCUT2D eigenvalue weighted by Crippen LogP contribution is -2.37. The molecule has 1 saturated carbocycles. The number of benzene rings is 1. The number of alkyl halides is 3. The van der Waals surface area contributed by atoms with Crippen molar-refractivity contribution in [2.75, 3.05) is 0 Å². The van der Waals surface area contributed by atoms with Crippen LogP contribution in [0.4, 0.5) is 13.2 Å².